The number of amidine groups is 1. The number of nitrogens with two attached hydrogens (primary N) is 1. The van der Waals surface area contributed by atoms with E-state index in [4.69, 9.17) is 26.4 Å². The van der Waals surface area contributed by atoms with Crippen molar-refractivity contribution in [2.75, 3.05) is 30.4 Å². The topological polar surface area (TPSA) is 155 Å². The van der Waals surface area contributed by atoms with Crippen molar-refractivity contribution in [2.24, 2.45) is 11.7 Å². The molecule has 13 heteroatoms. The number of hydrogen-bond donors (Lipinski definition) is 3. The molecule has 0 aliphatic carbocycles. The van der Waals surface area contributed by atoms with E-state index in [-0.39, 0.29) is 29.9 Å². The molecular weight excluding hydrogens is 510 g/mol. The van der Waals surface area contributed by atoms with Crippen LogP contribution in [0.4, 0.5) is 11.8 Å². The number of aromatic nitrogens is 2. The van der Waals surface area contributed by atoms with Crippen LogP contribution in [-0.4, -0.2) is 76.6 Å². The minimum atomic E-state index is -3.45. The third kappa shape index (κ3) is 3.72. The van der Waals surface area contributed by atoms with Gasteiger partial charge >= 0.3 is 0 Å². The van der Waals surface area contributed by atoms with Crippen LogP contribution in [0.5, 0.6) is 0 Å². The first-order chi connectivity index (χ1) is 17.6. The van der Waals surface area contributed by atoms with E-state index in [0.717, 1.165) is 29.5 Å². The largest absolute Gasteiger partial charge is 0.402 e. The van der Waals surface area contributed by atoms with E-state index in [9.17, 15) is 8.42 Å². The van der Waals surface area contributed by atoms with Gasteiger partial charge in [-0.15, -0.1) is 11.3 Å². The number of thiophene rings is 1. The molecule has 6 heterocycles. The van der Waals surface area contributed by atoms with Crippen molar-refractivity contribution in [3.8, 4) is 6.07 Å². The number of hydrogen-bond acceptors (Lipinski definition) is 10. The molecule has 4 atom stereocenters. The first-order valence-corrected chi connectivity index (χ1v) is 14.9. The second-order valence-corrected chi connectivity index (χ2v) is 13.8. The summed E-state index contributed by atoms with van der Waals surface area (Å²) in [5.74, 6) is 1.15. The van der Waals surface area contributed by atoms with Gasteiger partial charge in [0.25, 0.3) is 0 Å². The fourth-order valence-electron chi connectivity index (χ4n) is 6.63. The summed E-state index contributed by atoms with van der Waals surface area (Å²) < 4.78 is 28.6. The third-order valence-electron chi connectivity index (χ3n) is 8.42. The van der Waals surface area contributed by atoms with Crippen LogP contribution in [0, 0.1) is 22.7 Å². The van der Waals surface area contributed by atoms with Crippen LogP contribution in [-0.2, 0) is 10.0 Å². The van der Waals surface area contributed by atoms with E-state index >= 15 is 0 Å². The maximum absolute atomic E-state index is 13.5. The van der Waals surface area contributed by atoms with Crippen molar-refractivity contribution in [3.63, 3.8) is 0 Å². The monoisotopic (exact) mass is 541 g/mol. The highest BCUT2D eigenvalue weighted by Crippen LogP contribution is 2.57. The van der Waals surface area contributed by atoms with Crippen LogP contribution in [0.3, 0.4) is 0 Å². The Morgan fingerprint density at radius 2 is 2.14 bits per heavy atom. The molecule has 11 nitrogen and oxygen atoms in total. The van der Waals surface area contributed by atoms with Gasteiger partial charge in [0.15, 0.2) is 0 Å². The molecule has 0 aromatic carbocycles. The average Bonchev–Trinajstić information content (AvgIpc) is 3.39. The smallest absolute Gasteiger partial charge is 0.233 e. The predicted octanol–water partition coefficient (Wildman–Crippen LogP) is 2.26. The highest BCUT2D eigenvalue weighted by Gasteiger charge is 2.69. The Balaban J connectivity index is 1.21. The van der Waals surface area contributed by atoms with Gasteiger partial charge in [0.2, 0.25) is 16.0 Å². The molecule has 0 saturated carbocycles. The van der Waals surface area contributed by atoms with Crippen molar-refractivity contribution in [1.82, 2.24) is 19.2 Å². The average molecular weight is 542 g/mol. The molecule has 0 amide bonds. The lowest BCUT2D eigenvalue weighted by Crippen LogP contribution is -2.74. The summed E-state index contributed by atoms with van der Waals surface area (Å²) in [5.41, 5.74) is 6.27. The van der Waals surface area contributed by atoms with Crippen molar-refractivity contribution >= 4 is 49.2 Å². The molecule has 0 bridgehead atoms. The highest BCUT2D eigenvalue weighted by molar-refractivity contribution is 7.90. The van der Waals surface area contributed by atoms with Gasteiger partial charge in [0.1, 0.15) is 21.4 Å². The van der Waals surface area contributed by atoms with Crippen LogP contribution >= 0.6 is 11.3 Å². The Morgan fingerprint density at radius 3 is 2.86 bits per heavy atom. The van der Waals surface area contributed by atoms with Crippen LogP contribution in [0.2, 0.25) is 0 Å². The van der Waals surface area contributed by atoms with Gasteiger partial charge in [-0.1, -0.05) is 0 Å². The fourth-order valence-corrected chi connectivity index (χ4v) is 9.97. The van der Waals surface area contributed by atoms with Gasteiger partial charge in [0, 0.05) is 44.0 Å². The minimum Gasteiger partial charge on any atom is -0.402 e. The molecule has 0 spiro atoms. The normalized spacial score (nSPS) is 30.3. The Hall–Kier alpha value is -2.79. The maximum atomic E-state index is 13.5. The number of sulfonamides is 1. The van der Waals surface area contributed by atoms with Crippen molar-refractivity contribution in [3.05, 3.63) is 23.2 Å². The van der Waals surface area contributed by atoms with E-state index in [2.05, 4.69) is 21.2 Å². The number of nitrogens with one attached hydrogen (secondary N) is 2. The van der Waals surface area contributed by atoms with Gasteiger partial charge in [-0.05, 0) is 56.6 Å². The number of nitriles is 1. The second-order valence-electron chi connectivity index (χ2n) is 10.7. The molecule has 4 saturated heterocycles. The summed E-state index contributed by atoms with van der Waals surface area (Å²) in [6, 6.07) is 4.73. The molecule has 196 valence electrons. The number of anilines is 2. The van der Waals surface area contributed by atoms with Crippen molar-refractivity contribution < 1.29 is 8.42 Å². The zero-order valence-corrected chi connectivity index (χ0v) is 22.5. The first-order valence-electron chi connectivity index (χ1n) is 12.6. The fraction of sp³-hybridized carbons (Fsp3) is 0.583. The Morgan fingerprint density at radius 1 is 1.38 bits per heavy atom. The molecule has 2 aromatic heterocycles. The summed E-state index contributed by atoms with van der Waals surface area (Å²) in [7, 11) is -1.45. The summed E-state index contributed by atoms with van der Waals surface area (Å²) >= 11 is 1.53. The number of nitrogens with zero attached hydrogens (tertiary/aromatic N) is 6. The summed E-state index contributed by atoms with van der Waals surface area (Å²) in [6.07, 6.45) is 5.41. The van der Waals surface area contributed by atoms with Crippen molar-refractivity contribution in [2.45, 2.75) is 62.0 Å². The van der Waals surface area contributed by atoms with E-state index in [0.29, 0.717) is 43.4 Å². The molecule has 1 unspecified atom stereocenters. The SMILES string of the molecule is C/C(N)=C/C(=N)Nc1nc(N(C)[C@@H]2C[C@H]3CCC4(S(=O)(=O)N5CC(C#N)C5)C[C@@H](C2)N34)nc2sccc12. The minimum absolute atomic E-state index is 0.161. The van der Waals surface area contributed by atoms with E-state index in [1.165, 1.54) is 15.6 Å². The van der Waals surface area contributed by atoms with Crippen molar-refractivity contribution in [1.29, 1.82) is 10.7 Å². The Bertz CT molecular complexity index is 1440. The zero-order chi connectivity index (χ0) is 26.1. The summed E-state index contributed by atoms with van der Waals surface area (Å²) in [5, 5.41) is 23.2. The zero-order valence-electron chi connectivity index (χ0n) is 20.9. The molecule has 2 aromatic rings. The summed E-state index contributed by atoms with van der Waals surface area (Å²) in [6.45, 7) is 2.39. The molecule has 6 rings (SSSR count). The van der Waals surface area contributed by atoms with Crippen LogP contribution in [0.15, 0.2) is 23.2 Å². The quantitative estimate of drug-likeness (QED) is 0.369. The molecule has 4 N–H and O–H groups in total. The van der Waals surface area contributed by atoms with E-state index in [1.807, 2.05) is 18.5 Å². The lowest BCUT2D eigenvalue weighted by atomic mass is 9.82. The van der Waals surface area contributed by atoms with Gasteiger partial charge in [0.05, 0.1) is 17.4 Å². The maximum Gasteiger partial charge on any atom is 0.233 e. The molecule has 37 heavy (non-hydrogen) atoms. The first kappa shape index (κ1) is 24.5. The second kappa shape index (κ2) is 8.62. The Labute approximate surface area is 220 Å². The van der Waals surface area contributed by atoms with E-state index < -0.39 is 14.9 Å². The van der Waals surface area contributed by atoms with Crippen LogP contribution < -0.4 is 16.0 Å². The summed E-state index contributed by atoms with van der Waals surface area (Å²) in [4.78, 5) is 14.0. The number of allylic oxidation sites excluding steroid dienone is 1. The molecule has 4 aliphatic rings. The standard InChI is InChI=1S/C24H31N9O2S2/c1-14(26)7-20(27)28-21-19-4-6-36-22(19)30-23(29-21)31(2)17-8-16-3-5-24(10-18(9-17)33(16)24)37(34,35)32-12-15(11-25)13-32/h4,6-7,15-18H,3,5,8-10,12-13,26H2,1-2H3,(H2,27,28,29,30)/b14-7-/t16-,17-,18-,24?/m1/s1. The molecule has 4 fully saturated rings. The molecular formula is C24H31N9O2S2. The number of rotatable bonds is 6. The third-order valence-corrected chi connectivity index (χ3v) is 11.7. The van der Waals surface area contributed by atoms with E-state index in [1.54, 1.807) is 13.0 Å². The lowest BCUT2D eigenvalue weighted by Gasteiger charge is -2.61. The van der Waals surface area contributed by atoms with Gasteiger partial charge in [-0.3, -0.25) is 10.3 Å². The Kier molecular flexibility index (Phi) is 5.72. The van der Waals surface area contributed by atoms with Crippen LogP contribution in [0.1, 0.15) is 39.0 Å². The number of piperidine rings is 1. The van der Waals surface area contributed by atoms with Gasteiger partial charge in [-0.25, -0.2) is 13.4 Å². The molecule has 4 aliphatic heterocycles. The predicted molar refractivity (Wildman–Crippen MR) is 144 cm³/mol. The lowest BCUT2D eigenvalue weighted by molar-refractivity contribution is -0.0501. The van der Waals surface area contributed by atoms with Gasteiger partial charge in [-0.2, -0.15) is 14.6 Å². The molecule has 0 radical (unpaired) electrons. The van der Waals surface area contributed by atoms with Crippen LogP contribution in [0.25, 0.3) is 10.2 Å². The number of fused-ring (bicyclic) bond motifs is 1. The highest BCUT2D eigenvalue weighted by atomic mass is 32.2. The van der Waals surface area contributed by atoms with Gasteiger partial charge < -0.3 is 16.0 Å².